The van der Waals surface area contributed by atoms with E-state index >= 15 is 0 Å². The first-order valence-corrected chi connectivity index (χ1v) is 9.69. The minimum absolute atomic E-state index is 0.244. The Labute approximate surface area is 174 Å². The Bertz CT molecular complexity index is 1070. The number of morpholine rings is 1. The molecule has 1 aliphatic heterocycles. The van der Waals surface area contributed by atoms with Crippen molar-refractivity contribution in [3.05, 3.63) is 78.0 Å². The molecule has 3 aromatic rings. The van der Waals surface area contributed by atoms with Crippen molar-refractivity contribution in [3.63, 3.8) is 0 Å². The van der Waals surface area contributed by atoms with E-state index in [1.165, 1.54) is 0 Å². The molecule has 0 aliphatic carbocycles. The van der Waals surface area contributed by atoms with E-state index in [9.17, 15) is 4.79 Å². The highest BCUT2D eigenvalue weighted by atomic mass is 16.5. The van der Waals surface area contributed by atoms with E-state index in [0.29, 0.717) is 35.8 Å². The maximum Gasteiger partial charge on any atom is 0.255 e. The number of anilines is 4. The molecule has 1 amide bonds. The number of nitrogens with zero attached hydrogens (tertiary/aromatic N) is 3. The molecule has 0 radical (unpaired) electrons. The topological polar surface area (TPSA) is 90.3 Å². The third kappa shape index (κ3) is 4.57. The lowest BCUT2D eigenvalue weighted by atomic mass is 10.2. The summed E-state index contributed by atoms with van der Waals surface area (Å²) in [6, 6.07) is 20.2. The molecular formula is C23H21N5O2. The van der Waals surface area contributed by atoms with Crippen LogP contribution >= 0.6 is 0 Å². The van der Waals surface area contributed by atoms with E-state index < -0.39 is 0 Å². The Balaban J connectivity index is 1.50. The van der Waals surface area contributed by atoms with E-state index in [-0.39, 0.29) is 5.91 Å². The number of ether oxygens (including phenoxy) is 1. The molecule has 150 valence electrons. The first-order chi connectivity index (χ1) is 14.7. The van der Waals surface area contributed by atoms with Crippen LogP contribution in [0.5, 0.6) is 0 Å². The second kappa shape index (κ2) is 9.07. The summed E-state index contributed by atoms with van der Waals surface area (Å²) in [5.41, 5.74) is 3.66. The van der Waals surface area contributed by atoms with Gasteiger partial charge in [-0.05, 0) is 48.5 Å². The van der Waals surface area contributed by atoms with Crippen molar-refractivity contribution < 1.29 is 9.53 Å². The van der Waals surface area contributed by atoms with Crippen molar-refractivity contribution in [2.45, 2.75) is 0 Å². The summed E-state index contributed by atoms with van der Waals surface area (Å²) in [7, 11) is 0. The van der Waals surface area contributed by atoms with Crippen LogP contribution in [-0.4, -0.2) is 37.2 Å². The number of carbonyl (C=O) groups is 1. The Morgan fingerprint density at radius 1 is 1.07 bits per heavy atom. The van der Waals surface area contributed by atoms with Crippen molar-refractivity contribution in [1.82, 2.24) is 4.98 Å². The predicted molar refractivity (Wildman–Crippen MR) is 116 cm³/mol. The molecule has 4 rings (SSSR count). The van der Waals surface area contributed by atoms with Crippen molar-refractivity contribution in [2.75, 3.05) is 41.8 Å². The van der Waals surface area contributed by atoms with Gasteiger partial charge in [0.05, 0.1) is 36.2 Å². The normalized spacial score (nSPS) is 13.4. The highest BCUT2D eigenvalue weighted by Gasteiger charge is 2.15. The van der Waals surface area contributed by atoms with E-state index in [4.69, 9.17) is 10.00 Å². The predicted octanol–water partition coefficient (Wildman–Crippen LogP) is 3.79. The maximum absolute atomic E-state index is 12.6. The zero-order chi connectivity index (χ0) is 20.8. The number of carbonyl (C=O) groups excluding carboxylic acids is 1. The van der Waals surface area contributed by atoms with Crippen molar-refractivity contribution in [2.24, 2.45) is 0 Å². The number of benzene rings is 2. The molecular weight excluding hydrogens is 378 g/mol. The highest BCUT2D eigenvalue weighted by Crippen LogP contribution is 2.29. The van der Waals surface area contributed by atoms with Gasteiger partial charge in [0.1, 0.15) is 5.82 Å². The van der Waals surface area contributed by atoms with Crippen LogP contribution in [0.2, 0.25) is 0 Å². The molecule has 1 saturated heterocycles. The first-order valence-electron chi connectivity index (χ1n) is 9.69. The van der Waals surface area contributed by atoms with Gasteiger partial charge >= 0.3 is 0 Å². The molecule has 0 spiro atoms. The smallest absolute Gasteiger partial charge is 0.255 e. The second-order valence-corrected chi connectivity index (χ2v) is 6.81. The van der Waals surface area contributed by atoms with Crippen LogP contribution in [0.1, 0.15) is 15.9 Å². The molecule has 2 heterocycles. The van der Waals surface area contributed by atoms with Gasteiger partial charge in [0.25, 0.3) is 5.91 Å². The maximum atomic E-state index is 12.6. The fourth-order valence-electron chi connectivity index (χ4n) is 3.27. The molecule has 7 nitrogen and oxygen atoms in total. The minimum atomic E-state index is -0.244. The Morgan fingerprint density at radius 3 is 2.60 bits per heavy atom. The lowest BCUT2D eigenvalue weighted by molar-refractivity contribution is 0.102. The number of nitriles is 1. The summed E-state index contributed by atoms with van der Waals surface area (Å²) in [6.45, 7) is 3.08. The van der Waals surface area contributed by atoms with Crippen LogP contribution in [0.3, 0.4) is 0 Å². The van der Waals surface area contributed by atoms with Crippen LogP contribution < -0.4 is 15.5 Å². The van der Waals surface area contributed by atoms with Gasteiger partial charge in [-0.2, -0.15) is 5.26 Å². The average Bonchev–Trinajstić information content (AvgIpc) is 2.81. The SMILES string of the molecule is N#Cc1ccc(NC(=O)c2ccnc(Nc3ccccc3N3CCOCC3)c2)cc1. The molecule has 30 heavy (non-hydrogen) atoms. The molecule has 7 heteroatoms. The number of pyridine rings is 1. The first kappa shape index (κ1) is 19.4. The van der Waals surface area contributed by atoms with E-state index in [1.54, 1.807) is 42.6 Å². The van der Waals surface area contributed by atoms with Crippen LogP contribution in [0.15, 0.2) is 66.9 Å². The molecule has 0 saturated carbocycles. The number of rotatable bonds is 5. The van der Waals surface area contributed by atoms with E-state index in [1.807, 2.05) is 18.2 Å². The summed E-state index contributed by atoms with van der Waals surface area (Å²) in [5, 5.41) is 15.1. The number of amides is 1. The molecule has 2 aromatic carbocycles. The average molecular weight is 399 g/mol. The fraction of sp³-hybridized carbons (Fsp3) is 0.174. The largest absolute Gasteiger partial charge is 0.378 e. The summed E-state index contributed by atoms with van der Waals surface area (Å²) in [4.78, 5) is 19.3. The Kier molecular flexibility index (Phi) is 5.88. The Hall–Kier alpha value is -3.89. The zero-order valence-corrected chi connectivity index (χ0v) is 16.3. The van der Waals surface area contributed by atoms with Crippen LogP contribution in [-0.2, 0) is 4.74 Å². The lowest BCUT2D eigenvalue weighted by Crippen LogP contribution is -2.36. The van der Waals surface area contributed by atoms with Gasteiger partial charge in [-0.25, -0.2) is 4.98 Å². The number of nitrogens with one attached hydrogen (secondary N) is 2. The molecule has 2 N–H and O–H groups in total. The van der Waals surface area contributed by atoms with Crippen LogP contribution in [0, 0.1) is 11.3 Å². The Morgan fingerprint density at radius 2 is 1.83 bits per heavy atom. The third-order valence-corrected chi connectivity index (χ3v) is 4.81. The fourth-order valence-corrected chi connectivity index (χ4v) is 3.27. The molecule has 0 bridgehead atoms. The molecule has 1 aromatic heterocycles. The highest BCUT2D eigenvalue weighted by molar-refractivity contribution is 6.04. The van der Waals surface area contributed by atoms with Crippen molar-refractivity contribution >= 4 is 28.8 Å². The van der Waals surface area contributed by atoms with E-state index in [2.05, 4.69) is 32.7 Å². The van der Waals surface area contributed by atoms with Gasteiger partial charge in [0.2, 0.25) is 0 Å². The van der Waals surface area contributed by atoms with Crippen LogP contribution in [0.25, 0.3) is 0 Å². The summed E-state index contributed by atoms with van der Waals surface area (Å²) >= 11 is 0. The van der Waals surface area contributed by atoms with Crippen LogP contribution in [0.4, 0.5) is 22.9 Å². The number of para-hydroxylation sites is 2. The van der Waals surface area contributed by atoms with Gasteiger partial charge < -0.3 is 20.3 Å². The quantitative estimate of drug-likeness (QED) is 0.678. The third-order valence-electron chi connectivity index (χ3n) is 4.81. The monoisotopic (exact) mass is 399 g/mol. The molecule has 0 atom stereocenters. The summed E-state index contributed by atoms with van der Waals surface area (Å²) in [5.74, 6) is 0.342. The van der Waals surface area contributed by atoms with Gasteiger partial charge in [-0.15, -0.1) is 0 Å². The zero-order valence-electron chi connectivity index (χ0n) is 16.3. The molecule has 0 unspecified atom stereocenters. The summed E-state index contributed by atoms with van der Waals surface area (Å²) in [6.07, 6.45) is 1.60. The molecule has 1 fully saturated rings. The van der Waals surface area contributed by atoms with Gasteiger partial charge in [0, 0.05) is 30.5 Å². The summed E-state index contributed by atoms with van der Waals surface area (Å²) < 4.78 is 5.45. The minimum Gasteiger partial charge on any atom is -0.378 e. The number of aromatic nitrogens is 1. The standard InChI is InChI=1S/C23H21N5O2/c24-16-17-5-7-19(8-6-17)26-23(29)18-9-10-25-22(15-18)27-20-3-1-2-4-21(20)28-11-13-30-14-12-28/h1-10,15H,11-14H2,(H,25,27)(H,26,29). The number of hydrogen-bond acceptors (Lipinski definition) is 6. The van der Waals surface area contributed by atoms with Gasteiger partial charge in [-0.3, -0.25) is 4.79 Å². The number of hydrogen-bond donors (Lipinski definition) is 2. The van der Waals surface area contributed by atoms with Crippen molar-refractivity contribution in [1.29, 1.82) is 5.26 Å². The molecule has 1 aliphatic rings. The lowest BCUT2D eigenvalue weighted by Gasteiger charge is -2.30. The van der Waals surface area contributed by atoms with Gasteiger partial charge in [0.15, 0.2) is 0 Å². The van der Waals surface area contributed by atoms with E-state index in [0.717, 1.165) is 24.5 Å². The van der Waals surface area contributed by atoms with Gasteiger partial charge in [-0.1, -0.05) is 12.1 Å². The second-order valence-electron chi connectivity index (χ2n) is 6.81. The van der Waals surface area contributed by atoms with Crippen molar-refractivity contribution in [3.8, 4) is 6.07 Å².